The van der Waals surface area contributed by atoms with Crippen LogP contribution in [0.3, 0.4) is 0 Å². The summed E-state index contributed by atoms with van der Waals surface area (Å²) in [6, 6.07) is 0.329. The highest BCUT2D eigenvalue weighted by Gasteiger charge is 2.59. The molecule has 1 saturated heterocycles. The van der Waals surface area contributed by atoms with E-state index in [1.54, 1.807) is 0 Å². The van der Waals surface area contributed by atoms with Gasteiger partial charge in [0.25, 0.3) is 0 Å². The quantitative estimate of drug-likeness (QED) is 0.684. The van der Waals surface area contributed by atoms with Crippen LogP contribution in [0.5, 0.6) is 0 Å². The van der Waals surface area contributed by atoms with Gasteiger partial charge in [-0.15, -0.1) is 0 Å². The number of hydrogen-bond acceptors (Lipinski definition) is 3. The van der Waals surface area contributed by atoms with Crippen LogP contribution in [-0.2, 0) is 9.59 Å². The summed E-state index contributed by atoms with van der Waals surface area (Å²) in [5.41, 5.74) is 0. The van der Waals surface area contributed by atoms with Crippen LogP contribution in [0.2, 0.25) is 0 Å². The van der Waals surface area contributed by atoms with Crippen molar-refractivity contribution in [2.75, 3.05) is 13.1 Å². The number of nitrogens with zero attached hydrogens (tertiary/aromatic N) is 1. The highest BCUT2D eigenvalue weighted by atomic mass is 16.2. The van der Waals surface area contributed by atoms with Gasteiger partial charge >= 0.3 is 0 Å². The fourth-order valence-electron chi connectivity index (χ4n) is 2.77. The second kappa shape index (κ2) is 3.55. The summed E-state index contributed by atoms with van der Waals surface area (Å²) >= 11 is 0. The molecule has 3 aliphatic rings. The molecule has 3 unspecified atom stereocenters. The highest BCUT2D eigenvalue weighted by molar-refractivity contribution is 6.08. The lowest BCUT2D eigenvalue weighted by atomic mass is 10.1. The first-order valence-electron chi connectivity index (χ1n) is 6.31. The van der Waals surface area contributed by atoms with E-state index in [1.165, 1.54) is 17.7 Å². The van der Waals surface area contributed by atoms with Crippen molar-refractivity contribution in [3.63, 3.8) is 0 Å². The minimum Gasteiger partial charge on any atom is -0.312 e. The number of hydrogen-bond donors (Lipinski definition) is 1. The topological polar surface area (TPSA) is 49.4 Å². The van der Waals surface area contributed by atoms with E-state index in [0.717, 1.165) is 13.0 Å². The molecule has 2 aliphatic carbocycles. The number of rotatable bonds is 5. The zero-order chi connectivity index (χ0) is 11.3. The highest BCUT2D eigenvalue weighted by Crippen LogP contribution is 2.47. The van der Waals surface area contributed by atoms with Crippen molar-refractivity contribution in [2.45, 2.75) is 32.2 Å². The first-order chi connectivity index (χ1) is 7.72. The van der Waals surface area contributed by atoms with Crippen molar-refractivity contribution in [1.82, 2.24) is 10.2 Å². The van der Waals surface area contributed by atoms with Crippen LogP contribution >= 0.6 is 0 Å². The zero-order valence-corrected chi connectivity index (χ0v) is 9.61. The number of carbonyl (C=O) groups is 2. The maximum atomic E-state index is 11.8. The average Bonchev–Trinajstić information content (AvgIpc) is 3.15. The Morgan fingerprint density at radius 2 is 1.94 bits per heavy atom. The normalized spacial score (nSPS) is 34.2. The molecule has 16 heavy (non-hydrogen) atoms. The number of nitrogens with one attached hydrogen (secondary N) is 1. The molecule has 2 saturated carbocycles. The van der Waals surface area contributed by atoms with E-state index in [-0.39, 0.29) is 23.7 Å². The number of likely N-dealkylation sites (N-methyl/N-ethyl adjacent to an activating group) is 1. The average molecular weight is 222 g/mol. The molecular weight excluding hydrogens is 204 g/mol. The Morgan fingerprint density at radius 1 is 1.31 bits per heavy atom. The van der Waals surface area contributed by atoms with Crippen molar-refractivity contribution in [1.29, 1.82) is 0 Å². The van der Waals surface area contributed by atoms with Crippen LogP contribution in [0.1, 0.15) is 26.2 Å². The Kier molecular flexibility index (Phi) is 2.28. The van der Waals surface area contributed by atoms with Gasteiger partial charge in [0.1, 0.15) is 0 Å². The van der Waals surface area contributed by atoms with Crippen LogP contribution in [0.4, 0.5) is 0 Å². The molecule has 0 aromatic carbocycles. The van der Waals surface area contributed by atoms with E-state index in [0.29, 0.717) is 18.5 Å². The Balaban J connectivity index is 1.64. The summed E-state index contributed by atoms with van der Waals surface area (Å²) in [5.74, 6) is 0.942. The number of likely N-dealkylation sites (tertiary alicyclic amines) is 1. The van der Waals surface area contributed by atoms with Gasteiger partial charge in [0.05, 0.1) is 11.8 Å². The number of fused-ring (bicyclic) bond motifs is 1. The molecule has 0 aromatic heterocycles. The van der Waals surface area contributed by atoms with Gasteiger partial charge in [-0.2, -0.15) is 0 Å². The summed E-state index contributed by atoms with van der Waals surface area (Å²) in [5, 5.41) is 3.40. The van der Waals surface area contributed by atoms with Gasteiger partial charge in [0, 0.05) is 12.6 Å². The first kappa shape index (κ1) is 10.3. The first-order valence-corrected chi connectivity index (χ1v) is 6.31. The van der Waals surface area contributed by atoms with Crippen LogP contribution in [0, 0.1) is 17.8 Å². The fraction of sp³-hybridized carbons (Fsp3) is 0.833. The van der Waals surface area contributed by atoms with Gasteiger partial charge in [0.2, 0.25) is 11.8 Å². The van der Waals surface area contributed by atoms with Gasteiger partial charge < -0.3 is 5.32 Å². The Labute approximate surface area is 95.4 Å². The fourth-order valence-corrected chi connectivity index (χ4v) is 2.77. The molecule has 4 nitrogen and oxygen atoms in total. The lowest BCUT2D eigenvalue weighted by Crippen LogP contribution is -2.45. The van der Waals surface area contributed by atoms with E-state index in [4.69, 9.17) is 0 Å². The molecule has 88 valence electrons. The molecule has 1 aliphatic heterocycles. The lowest BCUT2D eigenvalue weighted by molar-refractivity contribution is -0.141. The maximum Gasteiger partial charge on any atom is 0.233 e. The third-order valence-corrected chi connectivity index (χ3v) is 3.99. The second-order valence-corrected chi connectivity index (χ2v) is 5.24. The van der Waals surface area contributed by atoms with E-state index in [1.807, 2.05) is 0 Å². The standard InChI is InChI=1S/C12H18N2O2/c1-2-13-10(7-3-4-7)6-14-11(15)8-5-9(8)12(14)16/h7-10,13H,2-6H2,1H3. The second-order valence-electron chi connectivity index (χ2n) is 5.24. The molecule has 1 N–H and O–H groups in total. The molecule has 3 rings (SSSR count). The predicted molar refractivity (Wildman–Crippen MR) is 58.5 cm³/mol. The summed E-state index contributed by atoms with van der Waals surface area (Å²) in [6.45, 7) is 3.58. The number of imide groups is 1. The third-order valence-electron chi connectivity index (χ3n) is 3.99. The van der Waals surface area contributed by atoms with E-state index < -0.39 is 0 Å². The van der Waals surface area contributed by atoms with Crippen LogP contribution < -0.4 is 5.32 Å². The Morgan fingerprint density at radius 3 is 2.44 bits per heavy atom. The molecular formula is C12H18N2O2. The largest absolute Gasteiger partial charge is 0.312 e. The summed E-state index contributed by atoms with van der Waals surface area (Å²) in [7, 11) is 0. The Bertz CT molecular complexity index is 318. The zero-order valence-electron chi connectivity index (χ0n) is 9.61. The lowest BCUT2D eigenvalue weighted by Gasteiger charge is -2.24. The van der Waals surface area contributed by atoms with Gasteiger partial charge in [-0.3, -0.25) is 14.5 Å². The minimum atomic E-state index is 0.0500. The van der Waals surface area contributed by atoms with E-state index in [2.05, 4.69) is 12.2 Å². The predicted octanol–water partition coefficient (Wildman–Crippen LogP) is 0.379. The monoisotopic (exact) mass is 222 g/mol. The van der Waals surface area contributed by atoms with Crippen LogP contribution in [0.25, 0.3) is 0 Å². The van der Waals surface area contributed by atoms with Crippen molar-refractivity contribution in [3.05, 3.63) is 0 Å². The van der Waals surface area contributed by atoms with Crippen molar-refractivity contribution in [3.8, 4) is 0 Å². The molecule has 3 fully saturated rings. The molecule has 0 spiro atoms. The molecule has 0 aromatic rings. The van der Waals surface area contributed by atoms with Crippen molar-refractivity contribution < 1.29 is 9.59 Å². The molecule has 1 heterocycles. The van der Waals surface area contributed by atoms with Gasteiger partial charge in [-0.05, 0) is 31.7 Å². The Hall–Kier alpha value is -0.900. The SMILES string of the molecule is CCNC(CN1C(=O)C2CC2C1=O)C1CC1. The number of carbonyl (C=O) groups excluding carboxylic acids is 2. The van der Waals surface area contributed by atoms with Crippen LogP contribution in [0.15, 0.2) is 0 Å². The van der Waals surface area contributed by atoms with Crippen molar-refractivity contribution >= 4 is 11.8 Å². The molecule has 4 heteroatoms. The van der Waals surface area contributed by atoms with Gasteiger partial charge in [-0.1, -0.05) is 6.92 Å². The summed E-state index contributed by atoms with van der Waals surface area (Å²) in [6.07, 6.45) is 3.28. The number of piperidine rings is 1. The third kappa shape index (κ3) is 1.56. The van der Waals surface area contributed by atoms with Gasteiger partial charge in [0.15, 0.2) is 0 Å². The number of amides is 2. The van der Waals surface area contributed by atoms with Gasteiger partial charge in [-0.25, -0.2) is 0 Å². The molecule has 0 radical (unpaired) electrons. The molecule has 2 amide bonds. The van der Waals surface area contributed by atoms with Crippen molar-refractivity contribution in [2.24, 2.45) is 17.8 Å². The summed E-state index contributed by atoms with van der Waals surface area (Å²) in [4.78, 5) is 25.1. The smallest absolute Gasteiger partial charge is 0.233 e. The van der Waals surface area contributed by atoms with E-state index >= 15 is 0 Å². The minimum absolute atomic E-state index is 0.0500. The van der Waals surface area contributed by atoms with E-state index in [9.17, 15) is 9.59 Å². The van der Waals surface area contributed by atoms with Crippen LogP contribution in [-0.4, -0.2) is 35.8 Å². The summed E-state index contributed by atoms with van der Waals surface area (Å²) < 4.78 is 0. The maximum absolute atomic E-state index is 11.8. The molecule has 3 atom stereocenters. The molecule has 0 bridgehead atoms.